The molecule has 2 heterocycles. The summed E-state index contributed by atoms with van der Waals surface area (Å²) in [5, 5.41) is 0.779. The van der Waals surface area contributed by atoms with Crippen LogP contribution in [0.2, 0.25) is 0 Å². The van der Waals surface area contributed by atoms with Gasteiger partial charge in [-0.2, -0.15) is 0 Å². The summed E-state index contributed by atoms with van der Waals surface area (Å²) in [4.78, 5) is 31.7. The third-order valence-corrected chi connectivity index (χ3v) is 5.44. The number of aromatic nitrogens is 1. The number of likely N-dealkylation sites (N-methyl/N-ethyl adjacent to an activating group) is 1. The van der Waals surface area contributed by atoms with Gasteiger partial charge in [0.05, 0.1) is 23.9 Å². The summed E-state index contributed by atoms with van der Waals surface area (Å²) >= 11 is 0. The maximum atomic E-state index is 13.0. The Hall–Kier alpha value is -3.15. The van der Waals surface area contributed by atoms with Crippen LogP contribution in [0.25, 0.3) is 10.9 Å². The lowest BCUT2D eigenvalue weighted by Crippen LogP contribution is -2.31. The number of hydrogen-bond donors (Lipinski definition) is 0. The summed E-state index contributed by atoms with van der Waals surface area (Å²) in [6.07, 6.45) is 4.27. The zero-order chi connectivity index (χ0) is 20.4. The quantitative estimate of drug-likeness (QED) is 0.618. The van der Waals surface area contributed by atoms with E-state index in [0.717, 1.165) is 41.4 Å². The zero-order valence-electron chi connectivity index (χ0n) is 16.7. The van der Waals surface area contributed by atoms with E-state index in [1.54, 1.807) is 25.4 Å². The van der Waals surface area contributed by atoms with Crippen molar-refractivity contribution in [3.8, 4) is 0 Å². The van der Waals surface area contributed by atoms with Gasteiger partial charge in [0.1, 0.15) is 5.76 Å². The van der Waals surface area contributed by atoms with Gasteiger partial charge in [-0.15, -0.1) is 0 Å². The number of hydrogen-bond acceptors (Lipinski definition) is 5. The summed E-state index contributed by atoms with van der Waals surface area (Å²) in [7, 11) is 1.66. The molecule has 0 aliphatic heterocycles. The minimum Gasteiger partial charge on any atom is -0.467 e. The Balaban J connectivity index is 1.55. The number of carbonyl (C=O) groups is 2. The van der Waals surface area contributed by atoms with E-state index in [9.17, 15) is 9.59 Å². The first-order valence-corrected chi connectivity index (χ1v) is 9.87. The van der Waals surface area contributed by atoms with Crippen molar-refractivity contribution in [3.63, 3.8) is 0 Å². The lowest BCUT2D eigenvalue weighted by atomic mass is 9.84. The number of esters is 1. The number of para-hydroxylation sites is 1. The fourth-order valence-electron chi connectivity index (χ4n) is 3.83. The number of furan rings is 1. The SMILES string of the molecule is C[C@H]1CCc2nc3ccccc3c(C(=O)OCC(=O)N(C)Cc3ccco3)c2C1. The minimum atomic E-state index is -0.464. The van der Waals surface area contributed by atoms with Gasteiger partial charge in [-0.05, 0) is 48.9 Å². The smallest absolute Gasteiger partial charge is 0.339 e. The molecule has 3 aromatic rings. The molecule has 0 radical (unpaired) electrons. The van der Waals surface area contributed by atoms with Gasteiger partial charge in [0, 0.05) is 18.1 Å². The molecule has 6 heteroatoms. The number of ether oxygens (including phenoxy) is 1. The van der Waals surface area contributed by atoms with Crippen LogP contribution >= 0.6 is 0 Å². The Morgan fingerprint density at radius 2 is 2.07 bits per heavy atom. The van der Waals surface area contributed by atoms with Crippen molar-refractivity contribution in [2.75, 3.05) is 13.7 Å². The molecule has 1 amide bonds. The first-order valence-electron chi connectivity index (χ1n) is 9.87. The average Bonchev–Trinajstić information content (AvgIpc) is 3.23. The van der Waals surface area contributed by atoms with Crippen LogP contribution in [-0.4, -0.2) is 35.4 Å². The molecule has 0 fully saturated rings. The van der Waals surface area contributed by atoms with Gasteiger partial charge in [0.2, 0.25) is 0 Å². The van der Waals surface area contributed by atoms with Crippen LogP contribution < -0.4 is 0 Å². The summed E-state index contributed by atoms with van der Waals surface area (Å²) in [5.74, 6) is 0.414. The lowest BCUT2D eigenvalue weighted by molar-refractivity contribution is -0.133. The first-order chi connectivity index (χ1) is 14.0. The molecule has 6 nitrogen and oxygen atoms in total. The van der Waals surface area contributed by atoms with Crippen molar-refractivity contribution >= 4 is 22.8 Å². The van der Waals surface area contributed by atoms with Gasteiger partial charge in [0.15, 0.2) is 6.61 Å². The Kier molecular flexibility index (Phi) is 5.34. The molecule has 1 aliphatic carbocycles. The molecule has 2 aromatic heterocycles. The number of nitrogens with zero attached hydrogens (tertiary/aromatic N) is 2. The van der Waals surface area contributed by atoms with E-state index in [1.807, 2.05) is 24.3 Å². The molecule has 1 aromatic carbocycles. The second-order valence-corrected chi connectivity index (χ2v) is 7.68. The zero-order valence-corrected chi connectivity index (χ0v) is 16.7. The number of carbonyl (C=O) groups excluding carboxylic acids is 2. The highest BCUT2D eigenvalue weighted by Gasteiger charge is 2.26. The van der Waals surface area contributed by atoms with Crippen molar-refractivity contribution in [1.29, 1.82) is 0 Å². The lowest BCUT2D eigenvalue weighted by Gasteiger charge is -2.24. The highest BCUT2D eigenvalue weighted by atomic mass is 16.5. The molecule has 4 rings (SSSR count). The Morgan fingerprint density at radius 1 is 1.24 bits per heavy atom. The van der Waals surface area contributed by atoms with Crippen molar-refractivity contribution in [2.24, 2.45) is 5.92 Å². The van der Waals surface area contributed by atoms with Crippen molar-refractivity contribution < 1.29 is 18.7 Å². The molecular formula is C23H24N2O4. The Bertz CT molecular complexity index is 1040. The predicted molar refractivity (Wildman–Crippen MR) is 108 cm³/mol. The average molecular weight is 392 g/mol. The van der Waals surface area contributed by atoms with Crippen LogP contribution in [0.4, 0.5) is 0 Å². The standard InChI is InChI=1S/C23H24N2O4/c1-15-9-10-20-18(12-15)22(17-7-3-4-8-19(17)24-20)23(27)29-14-21(26)25(2)13-16-6-5-11-28-16/h3-8,11,15H,9-10,12-14H2,1-2H3/t15-/m0/s1. The number of pyridine rings is 1. The number of aryl methyl sites for hydroxylation is 1. The minimum absolute atomic E-state index is 0.282. The largest absolute Gasteiger partial charge is 0.467 e. The third-order valence-electron chi connectivity index (χ3n) is 5.44. The fraction of sp³-hybridized carbons (Fsp3) is 0.348. The van der Waals surface area contributed by atoms with Crippen LogP contribution in [0.5, 0.6) is 0 Å². The summed E-state index contributed by atoms with van der Waals surface area (Å²) in [6.45, 7) is 2.20. The fourth-order valence-corrected chi connectivity index (χ4v) is 3.83. The van der Waals surface area contributed by atoms with E-state index in [0.29, 0.717) is 23.8 Å². The van der Waals surface area contributed by atoms with Gasteiger partial charge >= 0.3 is 5.97 Å². The van der Waals surface area contributed by atoms with Gasteiger partial charge in [-0.1, -0.05) is 25.1 Å². The second-order valence-electron chi connectivity index (χ2n) is 7.68. The topological polar surface area (TPSA) is 72.6 Å². The van der Waals surface area contributed by atoms with Gasteiger partial charge in [-0.25, -0.2) is 4.79 Å². The number of fused-ring (bicyclic) bond motifs is 2. The molecule has 0 N–H and O–H groups in total. The Morgan fingerprint density at radius 3 is 2.86 bits per heavy atom. The van der Waals surface area contributed by atoms with Crippen LogP contribution in [0.3, 0.4) is 0 Å². The third kappa shape index (κ3) is 4.01. The van der Waals surface area contributed by atoms with Gasteiger partial charge in [-0.3, -0.25) is 9.78 Å². The van der Waals surface area contributed by atoms with E-state index in [4.69, 9.17) is 14.1 Å². The van der Waals surface area contributed by atoms with Gasteiger partial charge < -0.3 is 14.1 Å². The number of benzene rings is 1. The molecule has 29 heavy (non-hydrogen) atoms. The molecule has 0 saturated carbocycles. The van der Waals surface area contributed by atoms with Crippen LogP contribution in [0, 0.1) is 5.92 Å². The summed E-state index contributed by atoms with van der Waals surface area (Å²) in [6, 6.07) is 11.2. The molecule has 0 spiro atoms. The Labute approximate surface area is 169 Å². The van der Waals surface area contributed by atoms with E-state index in [1.165, 1.54) is 4.90 Å². The number of amides is 1. The van der Waals surface area contributed by atoms with Crippen molar-refractivity contribution in [2.45, 2.75) is 32.7 Å². The predicted octanol–water partition coefficient (Wildman–Crippen LogP) is 3.77. The molecule has 1 atom stereocenters. The number of rotatable bonds is 5. The van der Waals surface area contributed by atoms with E-state index in [-0.39, 0.29) is 12.5 Å². The summed E-state index contributed by atoms with van der Waals surface area (Å²) in [5.41, 5.74) is 3.27. The normalized spacial score (nSPS) is 15.7. The second kappa shape index (κ2) is 8.07. The van der Waals surface area contributed by atoms with Gasteiger partial charge in [0.25, 0.3) is 5.91 Å². The van der Waals surface area contributed by atoms with Crippen LogP contribution in [-0.2, 0) is 28.9 Å². The molecule has 150 valence electrons. The van der Waals surface area contributed by atoms with E-state index >= 15 is 0 Å². The van der Waals surface area contributed by atoms with Crippen molar-refractivity contribution in [3.05, 3.63) is 65.2 Å². The van der Waals surface area contributed by atoms with Crippen molar-refractivity contribution in [1.82, 2.24) is 9.88 Å². The monoisotopic (exact) mass is 392 g/mol. The first kappa shape index (κ1) is 19.2. The van der Waals surface area contributed by atoms with Crippen LogP contribution in [0.15, 0.2) is 47.1 Å². The maximum absolute atomic E-state index is 13.0. The van der Waals surface area contributed by atoms with E-state index in [2.05, 4.69) is 6.92 Å². The summed E-state index contributed by atoms with van der Waals surface area (Å²) < 4.78 is 10.7. The van der Waals surface area contributed by atoms with Crippen LogP contribution in [0.1, 0.15) is 40.7 Å². The highest BCUT2D eigenvalue weighted by Crippen LogP contribution is 2.32. The molecule has 0 saturated heterocycles. The molecular weight excluding hydrogens is 368 g/mol. The highest BCUT2D eigenvalue weighted by molar-refractivity contribution is 6.05. The molecule has 1 aliphatic rings. The maximum Gasteiger partial charge on any atom is 0.339 e. The van der Waals surface area contributed by atoms with E-state index < -0.39 is 5.97 Å². The molecule has 0 unspecified atom stereocenters. The molecule has 0 bridgehead atoms.